The molecule has 31 heavy (non-hydrogen) atoms. The van der Waals surface area contributed by atoms with Crippen LogP contribution in [0.5, 0.6) is 0 Å². The van der Waals surface area contributed by atoms with Crippen LogP contribution in [0, 0.1) is 5.92 Å². The average Bonchev–Trinajstić information content (AvgIpc) is 3.18. The van der Waals surface area contributed by atoms with Crippen molar-refractivity contribution in [2.24, 2.45) is 5.92 Å². The number of aldehydes is 1. The minimum absolute atomic E-state index is 0.0967. The molecule has 2 aromatic carbocycles. The number of carbonyl (C=O) groups excluding carboxylic acids is 2. The van der Waals surface area contributed by atoms with Crippen LogP contribution >= 0.6 is 0 Å². The van der Waals surface area contributed by atoms with E-state index in [9.17, 15) is 9.59 Å². The van der Waals surface area contributed by atoms with E-state index in [0.717, 1.165) is 62.4 Å². The number of likely N-dealkylation sites (tertiary alicyclic amines) is 1. The number of likely N-dealkylation sites (N-methyl/N-ethyl adjacent to an activating group) is 1. The molecule has 0 aliphatic carbocycles. The summed E-state index contributed by atoms with van der Waals surface area (Å²) in [5, 5.41) is 3.32. The van der Waals surface area contributed by atoms with Crippen molar-refractivity contribution < 1.29 is 9.59 Å². The Balaban J connectivity index is 1.60. The molecule has 0 radical (unpaired) electrons. The third kappa shape index (κ3) is 6.27. The Morgan fingerprint density at radius 2 is 1.65 bits per heavy atom. The molecule has 1 N–H and O–H groups in total. The molecule has 3 atom stereocenters. The van der Waals surface area contributed by atoms with Crippen LogP contribution in [-0.2, 0) is 9.59 Å². The minimum Gasteiger partial charge on any atom is -0.344 e. The molecule has 1 aliphatic heterocycles. The van der Waals surface area contributed by atoms with E-state index in [1.54, 1.807) is 0 Å². The maximum atomic E-state index is 13.3. The van der Waals surface area contributed by atoms with E-state index >= 15 is 0 Å². The number of hydrogen-bond acceptors (Lipinski definition) is 3. The number of benzene rings is 2. The molecule has 1 heterocycles. The first-order chi connectivity index (χ1) is 15.1. The lowest BCUT2D eigenvalue weighted by atomic mass is 9.96. The van der Waals surface area contributed by atoms with Crippen LogP contribution in [0.15, 0.2) is 60.7 Å². The van der Waals surface area contributed by atoms with Crippen LogP contribution in [0.1, 0.15) is 69.0 Å². The van der Waals surface area contributed by atoms with E-state index in [1.165, 1.54) is 0 Å². The molecule has 0 saturated carbocycles. The van der Waals surface area contributed by atoms with E-state index in [0.29, 0.717) is 6.04 Å². The van der Waals surface area contributed by atoms with Gasteiger partial charge in [0.05, 0.1) is 12.1 Å². The molecule has 1 fully saturated rings. The monoisotopic (exact) mass is 420 g/mol. The average molecular weight is 421 g/mol. The van der Waals surface area contributed by atoms with Gasteiger partial charge in [0.15, 0.2) is 0 Å². The van der Waals surface area contributed by atoms with Crippen molar-refractivity contribution in [2.75, 3.05) is 7.05 Å². The molecule has 4 nitrogen and oxygen atoms in total. The summed E-state index contributed by atoms with van der Waals surface area (Å²) in [7, 11) is 2.07. The number of nitrogens with one attached hydrogen (secondary N) is 1. The highest BCUT2D eigenvalue weighted by Gasteiger charge is 2.35. The summed E-state index contributed by atoms with van der Waals surface area (Å²) in [5.41, 5.74) is 2.19. The second-order valence-electron chi connectivity index (χ2n) is 8.79. The molecule has 3 rings (SSSR count). The van der Waals surface area contributed by atoms with Crippen LogP contribution in [0.4, 0.5) is 0 Å². The van der Waals surface area contributed by atoms with Gasteiger partial charge >= 0.3 is 0 Å². The Labute approximate surface area is 187 Å². The van der Waals surface area contributed by atoms with E-state index in [1.807, 2.05) is 36.4 Å². The zero-order chi connectivity index (χ0) is 22.1. The predicted octanol–water partition coefficient (Wildman–Crippen LogP) is 5.14. The van der Waals surface area contributed by atoms with Gasteiger partial charge in [-0.15, -0.1) is 0 Å². The van der Waals surface area contributed by atoms with Gasteiger partial charge in [0.25, 0.3) is 0 Å². The SMILES string of the molecule is CCC[C@H](C=O)CCCC1CCC(C(=O)NC(c2ccccc2)c2ccccc2)N1C. The smallest absolute Gasteiger partial charge is 0.238 e. The van der Waals surface area contributed by atoms with E-state index in [2.05, 4.69) is 48.5 Å². The number of hydrogen-bond donors (Lipinski definition) is 1. The van der Waals surface area contributed by atoms with Gasteiger partial charge < -0.3 is 10.1 Å². The van der Waals surface area contributed by atoms with Gasteiger partial charge in [0.1, 0.15) is 6.29 Å². The summed E-state index contributed by atoms with van der Waals surface area (Å²) in [4.78, 5) is 26.7. The minimum atomic E-state index is -0.148. The van der Waals surface area contributed by atoms with Gasteiger partial charge in [0, 0.05) is 12.0 Å². The molecular formula is C27H36N2O2. The molecule has 1 amide bonds. The maximum absolute atomic E-state index is 13.3. The van der Waals surface area contributed by atoms with Gasteiger partial charge in [-0.25, -0.2) is 0 Å². The van der Waals surface area contributed by atoms with Crippen molar-refractivity contribution >= 4 is 12.2 Å². The first-order valence-corrected chi connectivity index (χ1v) is 11.7. The van der Waals surface area contributed by atoms with Crippen molar-refractivity contribution in [1.29, 1.82) is 0 Å². The molecule has 0 bridgehead atoms. The molecule has 0 aromatic heterocycles. The van der Waals surface area contributed by atoms with Crippen LogP contribution in [0.3, 0.4) is 0 Å². The topological polar surface area (TPSA) is 49.4 Å². The summed E-state index contributed by atoms with van der Waals surface area (Å²) < 4.78 is 0. The fourth-order valence-corrected chi connectivity index (χ4v) is 4.83. The number of nitrogens with zero attached hydrogens (tertiary/aromatic N) is 1. The second-order valence-corrected chi connectivity index (χ2v) is 8.79. The highest BCUT2D eigenvalue weighted by atomic mass is 16.2. The lowest BCUT2D eigenvalue weighted by Crippen LogP contribution is -2.45. The Hall–Kier alpha value is -2.46. The normalized spacial score (nSPS) is 20.0. The lowest BCUT2D eigenvalue weighted by molar-refractivity contribution is -0.126. The molecule has 2 unspecified atom stereocenters. The van der Waals surface area contributed by atoms with Crippen molar-refractivity contribution in [2.45, 2.75) is 70.0 Å². The van der Waals surface area contributed by atoms with E-state index in [4.69, 9.17) is 0 Å². The third-order valence-corrected chi connectivity index (χ3v) is 6.66. The van der Waals surface area contributed by atoms with Crippen LogP contribution < -0.4 is 5.32 Å². The van der Waals surface area contributed by atoms with Crippen molar-refractivity contribution in [3.05, 3.63) is 71.8 Å². The largest absolute Gasteiger partial charge is 0.344 e. The summed E-state index contributed by atoms with van der Waals surface area (Å²) in [6, 6.07) is 20.5. The lowest BCUT2D eigenvalue weighted by Gasteiger charge is -2.28. The Kier molecular flexibility index (Phi) is 8.84. The van der Waals surface area contributed by atoms with Gasteiger partial charge in [-0.3, -0.25) is 9.69 Å². The van der Waals surface area contributed by atoms with Crippen molar-refractivity contribution in [1.82, 2.24) is 10.2 Å². The Bertz CT molecular complexity index is 769. The third-order valence-electron chi connectivity index (χ3n) is 6.66. The highest BCUT2D eigenvalue weighted by Crippen LogP contribution is 2.29. The Morgan fingerprint density at radius 1 is 1.03 bits per heavy atom. The number of carbonyl (C=O) groups is 2. The standard InChI is InChI=1S/C27H36N2O2/c1-3-11-21(20-30)12-10-17-24-18-19-25(29(24)2)27(31)28-26(22-13-6-4-7-14-22)23-15-8-5-9-16-23/h4-9,13-16,20-21,24-26H,3,10-12,17-19H2,1-2H3,(H,28,31)/t21-,24?,25?/m0/s1. The molecular weight excluding hydrogens is 384 g/mol. The summed E-state index contributed by atoms with van der Waals surface area (Å²) >= 11 is 0. The van der Waals surface area contributed by atoms with E-state index < -0.39 is 0 Å². The summed E-state index contributed by atoms with van der Waals surface area (Å²) in [6.45, 7) is 2.13. The molecule has 0 spiro atoms. The van der Waals surface area contributed by atoms with Crippen molar-refractivity contribution in [3.63, 3.8) is 0 Å². The van der Waals surface area contributed by atoms with Crippen LogP contribution in [0.2, 0.25) is 0 Å². The summed E-state index contributed by atoms with van der Waals surface area (Å²) in [5.74, 6) is 0.285. The fourth-order valence-electron chi connectivity index (χ4n) is 4.83. The van der Waals surface area contributed by atoms with Gasteiger partial charge in [-0.2, -0.15) is 0 Å². The van der Waals surface area contributed by atoms with Crippen LogP contribution in [-0.4, -0.2) is 36.2 Å². The molecule has 1 saturated heterocycles. The second kappa shape index (κ2) is 11.8. The van der Waals surface area contributed by atoms with E-state index in [-0.39, 0.29) is 23.9 Å². The number of amides is 1. The van der Waals surface area contributed by atoms with Gasteiger partial charge in [-0.05, 0) is 50.3 Å². The number of rotatable bonds is 11. The molecule has 4 heteroatoms. The molecule has 1 aliphatic rings. The zero-order valence-corrected chi connectivity index (χ0v) is 18.9. The van der Waals surface area contributed by atoms with Gasteiger partial charge in [0.2, 0.25) is 5.91 Å². The first-order valence-electron chi connectivity index (χ1n) is 11.7. The maximum Gasteiger partial charge on any atom is 0.238 e. The highest BCUT2D eigenvalue weighted by molar-refractivity contribution is 5.83. The zero-order valence-electron chi connectivity index (χ0n) is 18.9. The molecule has 166 valence electrons. The van der Waals surface area contributed by atoms with Crippen LogP contribution in [0.25, 0.3) is 0 Å². The summed E-state index contributed by atoms with van der Waals surface area (Å²) in [6.07, 6.45) is 8.13. The van der Waals surface area contributed by atoms with Crippen molar-refractivity contribution in [3.8, 4) is 0 Å². The molecule has 2 aromatic rings. The van der Waals surface area contributed by atoms with Gasteiger partial charge in [-0.1, -0.05) is 80.4 Å². The Morgan fingerprint density at radius 3 is 2.19 bits per heavy atom. The fraction of sp³-hybridized carbons (Fsp3) is 0.481. The predicted molar refractivity (Wildman–Crippen MR) is 126 cm³/mol. The first kappa shape index (κ1) is 23.2. The quantitative estimate of drug-likeness (QED) is 0.512.